The van der Waals surface area contributed by atoms with Crippen LogP contribution in [0.25, 0.3) is 11.0 Å². The van der Waals surface area contributed by atoms with E-state index in [-0.39, 0.29) is 139 Å². The number of ketones is 1. The Balaban J connectivity index is 1.74. The average molecular weight is 1410 g/mol. The molecule has 3 rings (SSSR count). The van der Waals surface area contributed by atoms with Gasteiger partial charge in [-0.25, -0.2) is 14.4 Å². The van der Waals surface area contributed by atoms with Crippen molar-refractivity contribution in [2.24, 2.45) is 77.5 Å². The first-order valence-electron chi connectivity index (χ1n) is 34.0. The van der Waals surface area contributed by atoms with Crippen LogP contribution in [-0.4, -0.2) is 217 Å². The van der Waals surface area contributed by atoms with Crippen molar-refractivity contribution in [1.82, 2.24) is 62.4 Å². The molecule has 0 aromatic carbocycles. The molecule has 3 heterocycles. The summed E-state index contributed by atoms with van der Waals surface area (Å²) >= 11 is 0. The van der Waals surface area contributed by atoms with Crippen LogP contribution in [0.2, 0.25) is 0 Å². The highest BCUT2D eigenvalue weighted by molar-refractivity contribution is 5.97. The molecule has 100 heavy (non-hydrogen) atoms. The number of nitrogens with one attached hydrogen (secondary N) is 9. The van der Waals surface area contributed by atoms with Crippen molar-refractivity contribution < 1.29 is 57.1 Å². The Morgan fingerprint density at radius 1 is 0.510 bits per heavy atom. The van der Waals surface area contributed by atoms with E-state index in [1.54, 1.807) is 13.8 Å². The van der Waals surface area contributed by atoms with Gasteiger partial charge in [0.05, 0.1) is 11.9 Å². The lowest BCUT2D eigenvalue weighted by Crippen LogP contribution is -2.58. The number of nitrogens with zero attached hydrogens (tertiary/aromatic N) is 8. The van der Waals surface area contributed by atoms with Crippen molar-refractivity contribution in [2.75, 3.05) is 77.0 Å². The van der Waals surface area contributed by atoms with Crippen LogP contribution in [-0.2, 0) is 52.7 Å². The molecule has 2 aromatic rings. The number of hydrogen-bond donors (Lipinski definition) is 18. The minimum Gasteiger partial charge on any atom is -0.370 e. The molecule has 0 unspecified atom stereocenters. The largest absolute Gasteiger partial charge is 0.370 e. The number of aromatic nitrogens is 3. The molecule has 0 bridgehead atoms. The van der Waals surface area contributed by atoms with E-state index < -0.39 is 121 Å². The van der Waals surface area contributed by atoms with E-state index >= 15 is 0 Å². The van der Waals surface area contributed by atoms with Gasteiger partial charge in [0, 0.05) is 90.8 Å². The maximum Gasteiger partial charge on any atom is 0.243 e. The van der Waals surface area contributed by atoms with E-state index in [1.807, 2.05) is 17.2 Å². The number of unbranched alkanes of at least 4 members (excludes halogenated alkanes) is 5. The highest BCUT2D eigenvalue weighted by Crippen LogP contribution is 2.24. The van der Waals surface area contributed by atoms with E-state index in [9.17, 15) is 57.1 Å². The summed E-state index contributed by atoms with van der Waals surface area (Å²) in [6.45, 7) is 4.35. The molecule has 1 aliphatic rings. The van der Waals surface area contributed by atoms with Crippen LogP contribution in [0, 0.1) is 5.92 Å². The van der Waals surface area contributed by atoms with Crippen LogP contribution in [0.1, 0.15) is 149 Å². The molecule has 1 aliphatic heterocycles. The van der Waals surface area contributed by atoms with E-state index in [1.165, 1.54) is 6.33 Å². The van der Waals surface area contributed by atoms with Crippen LogP contribution < -0.4 is 99.0 Å². The number of guanidine groups is 4. The van der Waals surface area contributed by atoms with Gasteiger partial charge >= 0.3 is 0 Å². The maximum absolute atomic E-state index is 14.5. The molecule has 37 nitrogen and oxygen atoms in total. The first-order valence-corrected chi connectivity index (χ1v) is 34.0. The number of anilines is 1. The SMILES string of the molecule is CC[C@H](C)[C@H](NC(=O)CCC(=O)N[C@@H](CCCCNC(=O)[C@@H](CCCN=C(N)N)NC(=O)CCCCCCCC(=O)N1CCN(c2ncnc3[nH]ccc23)CC1)C(=O)N[C@H](CCCN=C(N)N)C(=O)N[C@H](CCCN=C(N)N)C(=O)N[C@H](CCCN=C(N)N)C(N)=O)C(=O)NCC(=O)CF. The average Bonchev–Trinajstić information content (AvgIpc) is 1.56. The quantitative estimate of drug-likeness (QED) is 0.0169. The second-order valence-corrected chi connectivity index (χ2v) is 24.3. The van der Waals surface area contributed by atoms with Gasteiger partial charge in [0.25, 0.3) is 0 Å². The molecule has 27 N–H and O–H groups in total. The van der Waals surface area contributed by atoms with E-state index in [4.69, 9.17) is 51.6 Å². The molecule has 2 aromatic heterocycles. The molecule has 38 heteroatoms. The van der Waals surface area contributed by atoms with Gasteiger partial charge in [0.15, 0.2) is 29.6 Å². The molecular weight excluding hydrogens is 1300 g/mol. The summed E-state index contributed by atoms with van der Waals surface area (Å²) in [5.74, 6) is -7.87. The van der Waals surface area contributed by atoms with Gasteiger partial charge in [-0.2, -0.15) is 0 Å². The van der Waals surface area contributed by atoms with Crippen LogP contribution in [0.4, 0.5) is 10.2 Å². The van der Waals surface area contributed by atoms with Crippen LogP contribution in [0.5, 0.6) is 0 Å². The minimum atomic E-state index is -1.44. The first kappa shape index (κ1) is 84.0. The third-order valence-electron chi connectivity index (χ3n) is 16.3. The number of primary amides is 1. The zero-order chi connectivity index (χ0) is 73.9. The van der Waals surface area contributed by atoms with Gasteiger partial charge in [-0.1, -0.05) is 39.5 Å². The fraction of sp³-hybridized carbons (Fsp3) is 0.661. The van der Waals surface area contributed by atoms with Gasteiger partial charge in [-0.05, 0) is 95.5 Å². The number of fused-ring (bicyclic) bond motifs is 1. The van der Waals surface area contributed by atoms with Crippen molar-refractivity contribution in [3.05, 3.63) is 18.6 Å². The zero-order valence-electron chi connectivity index (χ0n) is 57.5. The fourth-order valence-electron chi connectivity index (χ4n) is 10.6. The summed E-state index contributed by atoms with van der Waals surface area (Å²) in [7, 11) is 0. The van der Waals surface area contributed by atoms with E-state index in [2.05, 4.69) is 82.4 Å². The number of aliphatic imine (C=N–C) groups is 4. The normalized spacial score (nSPS) is 14.0. The third kappa shape index (κ3) is 33.8. The number of amides is 10. The molecule has 0 aliphatic carbocycles. The number of hydrogen-bond acceptors (Lipinski definition) is 18. The van der Waals surface area contributed by atoms with Gasteiger partial charge in [-0.3, -0.25) is 72.7 Å². The zero-order valence-corrected chi connectivity index (χ0v) is 57.5. The van der Waals surface area contributed by atoms with E-state index in [0.717, 1.165) is 36.1 Å². The Morgan fingerprint density at radius 3 is 1.46 bits per heavy atom. The summed E-state index contributed by atoms with van der Waals surface area (Å²) < 4.78 is 12.9. The van der Waals surface area contributed by atoms with Gasteiger partial charge < -0.3 is 109 Å². The lowest BCUT2D eigenvalue weighted by molar-refractivity contribution is -0.135. The van der Waals surface area contributed by atoms with Gasteiger partial charge in [-0.15, -0.1) is 0 Å². The Bertz CT molecular complexity index is 3090. The maximum atomic E-state index is 14.5. The molecule has 1 saturated heterocycles. The fourth-order valence-corrected chi connectivity index (χ4v) is 10.6. The Morgan fingerprint density at radius 2 is 0.960 bits per heavy atom. The number of carbonyl (C=O) groups excluding carboxylic acids is 11. The molecular formula is C62H107FN26O11. The molecule has 0 radical (unpaired) electrons. The van der Waals surface area contributed by atoms with Crippen molar-refractivity contribution in [3.8, 4) is 0 Å². The number of H-pyrrole nitrogens is 1. The lowest BCUT2D eigenvalue weighted by atomic mass is 9.98. The number of carbonyl (C=O) groups is 11. The highest BCUT2D eigenvalue weighted by atomic mass is 19.1. The van der Waals surface area contributed by atoms with Crippen molar-refractivity contribution >= 4 is 106 Å². The topological polar surface area (TPSA) is 616 Å². The highest BCUT2D eigenvalue weighted by Gasteiger charge is 2.33. The predicted octanol–water partition coefficient (Wildman–Crippen LogP) is -4.29. The molecule has 1 fully saturated rings. The number of nitrogens with two attached hydrogens (primary N) is 9. The summed E-state index contributed by atoms with van der Waals surface area (Å²) in [5.41, 5.74) is 50.5. The second kappa shape index (κ2) is 46.9. The number of rotatable bonds is 50. The molecule has 0 spiro atoms. The van der Waals surface area contributed by atoms with Crippen LogP contribution in [0.3, 0.4) is 0 Å². The summed E-state index contributed by atoms with van der Waals surface area (Å²) in [6, 6.07) is -5.64. The minimum absolute atomic E-state index is 0.00818. The standard InChI is InChI=1S/C62H107FN26O11/c1-3-38(2)50(58(100)79-36-39(90)35-63)87-48(93)23-22-47(92)83-43(55(97)85-45(19-14-29-78-62(71)72)57(99)86-44(18-13-28-77-61(69)70)56(98)84-41(51(64)95)16-11-26-75-59(65)66)15-9-10-25-74-54(96)42(17-12-27-76-60(67)68)82-46(91)20-7-5-4-6-8-21-49(94)88-31-33-89(34-32-88)53-40-24-30-73-52(40)80-37-81-53/h24,30,37-38,41-45,50H,3-23,25-29,31-36H2,1-2H3,(H2,64,95)(H,74,96)(H,79,100)(H,82,91)(H,83,92)(H,84,98)(H,85,97)(H,86,99)(H,87,93)(H4,65,66,75)(H4,67,68,76)(H4,69,70,77)(H4,71,72,78)(H,73,80,81)/t38-,41+,42+,43-,44+,45+,50-/m0/s1. The third-order valence-corrected chi connectivity index (χ3v) is 16.3. The number of Topliss-reactive ketones (excluding diaryl/α,β-unsaturated/α-hetero) is 1. The molecule has 0 saturated carbocycles. The lowest BCUT2D eigenvalue weighted by Gasteiger charge is -2.35. The van der Waals surface area contributed by atoms with E-state index in [0.29, 0.717) is 58.3 Å². The van der Waals surface area contributed by atoms with Crippen molar-refractivity contribution in [2.45, 2.75) is 185 Å². The monoisotopic (exact) mass is 1410 g/mol. The number of piperazine rings is 1. The Labute approximate surface area is 581 Å². The van der Waals surface area contributed by atoms with Gasteiger partial charge in [0.2, 0.25) is 59.1 Å². The number of alkyl halides is 1. The molecule has 558 valence electrons. The Hall–Kier alpha value is -10.2. The number of aromatic amines is 1. The van der Waals surface area contributed by atoms with Crippen molar-refractivity contribution in [3.63, 3.8) is 0 Å². The summed E-state index contributed by atoms with van der Waals surface area (Å²) in [4.78, 5) is 179. The number of halogens is 1. The van der Waals surface area contributed by atoms with Crippen LogP contribution >= 0.6 is 0 Å². The van der Waals surface area contributed by atoms with Crippen molar-refractivity contribution in [1.29, 1.82) is 0 Å². The molecule has 7 atom stereocenters. The summed E-state index contributed by atoms with van der Waals surface area (Å²) in [5, 5.41) is 21.9. The van der Waals surface area contributed by atoms with Crippen LogP contribution in [0.15, 0.2) is 38.6 Å². The Kier molecular flexibility index (Phi) is 39.4. The van der Waals surface area contributed by atoms with Gasteiger partial charge in [0.1, 0.15) is 60.7 Å². The molecule has 10 amide bonds. The second-order valence-electron chi connectivity index (χ2n) is 24.3. The predicted molar refractivity (Wildman–Crippen MR) is 375 cm³/mol. The smallest absolute Gasteiger partial charge is 0.243 e. The summed E-state index contributed by atoms with van der Waals surface area (Å²) in [6.07, 6.45) is 7.88. The first-order chi connectivity index (χ1) is 47.7.